The fraction of sp³-hybridized carbons (Fsp3) is 0. The number of nitrogens with two attached hydrogens (primary N) is 1. The molecule has 3 aromatic heterocycles. The van der Waals surface area contributed by atoms with Gasteiger partial charge in [-0.1, -0.05) is 23.7 Å². The lowest BCUT2D eigenvalue weighted by atomic mass is 10.1. The highest BCUT2D eigenvalue weighted by atomic mass is 35.5. The molecule has 0 unspecified atom stereocenters. The fourth-order valence-corrected chi connectivity index (χ4v) is 3.80. The highest BCUT2D eigenvalue weighted by Crippen LogP contribution is 2.38. The van der Waals surface area contributed by atoms with E-state index < -0.39 is 5.91 Å². The maximum atomic E-state index is 11.8. The van der Waals surface area contributed by atoms with Gasteiger partial charge in [-0.05, 0) is 35.9 Å². The molecule has 0 fully saturated rings. The Labute approximate surface area is 157 Å². The normalized spacial score (nSPS) is 10.8. The van der Waals surface area contributed by atoms with Gasteiger partial charge in [0.05, 0.1) is 4.70 Å². The summed E-state index contributed by atoms with van der Waals surface area (Å²) >= 11 is 7.40. The number of halogens is 1. The monoisotopic (exact) mass is 381 g/mol. The molecule has 8 heteroatoms. The summed E-state index contributed by atoms with van der Waals surface area (Å²) in [5.74, 6) is -0.0601. The number of carbonyl (C=O) groups excluding carboxylic acids is 1. The standard InChI is InChI=1S/C18H12ClN5OS/c19-11-3-1-10(2-4-11)14-9-13-16(26-14)15(17(20)25)23-24-18(13)22-12-5-7-21-8-6-12/h1-9H,(H2,20,25)(H,21,22,24). The number of nitrogens with zero attached hydrogens (tertiary/aromatic N) is 3. The average molecular weight is 382 g/mol. The molecule has 0 aliphatic carbocycles. The van der Waals surface area contributed by atoms with Gasteiger partial charge in [-0.15, -0.1) is 21.5 Å². The Morgan fingerprint density at radius 3 is 2.50 bits per heavy atom. The van der Waals surface area contributed by atoms with Gasteiger partial charge in [0.1, 0.15) is 0 Å². The summed E-state index contributed by atoms with van der Waals surface area (Å²) < 4.78 is 0.689. The fourth-order valence-electron chi connectivity index (χ4n) is 2.52. The van der Waals surface area contributed by atoms with Crippen molar-refractivity contribution in [3.63, 3.8) is 0 Å². The predicted molar refractivity (Wildman–Crippen MR) is 104 cm³/mol. The van der Waals surface area contributed by atoms with E-state index in [1.165, 1.54) is 11.3 Å². The third-order valence-corrected chi connectivity index (χ3v) is 5.20. The Hall–Kier alpha value is -3.03. The number of hydrogen-bond donors (Lipinski definition) is 2. The van der Waals surface area contributed by atoms with E-state index in [0.29, 0.717) is 15.5 Å². The molecular weight excluding hydrogens is 370 g/mol. The molecule has 4 aromatic rings. The van der Waals surface area contributed by atoms with Crippen molar-refractivity contribution in [2.75, 3.05) is 5.32 Å². The summed E-state index contributed by atoms with van der Waals surface area (Å²) in [6.07, 6.45) is 3.36. The molecule has 0 aliphatic rings. The van der Waals surface area contributed by atoms with Crippen molar-refractivity contribution in [2.45, 2.75) is 0 Å². The molecule has 0 radical (unpaired) electrons. The molecule has 0 saturated carbocycles. The molecule has 0 saturated heterocycles. The van der Waals surface area contributed by atoms with Crippen LogP contribution in [0.5, 0.6) is 0 Å². The van der Waals surface area contributed by atoms with E-state index in [0.717, 1.165) is 21.5 Å². The first-order valence-electron chi connectivity index (χ1n) is 7.65. The number of aromatic nitrogens is 3. The number of hydrogen-bond acceptors (Lipinski definition) is 6. The highest BCUT2D eigenvalue weighted by molar-refractivity contribution is 7.22. The minimum absolute atomic E-state index is 0.158. The highest BCUT2D eigenvalue weighted by Gasteiger charge is 2.17. The van der Waals surface area contributed by atoms with Crippen LogP contribution < -0.4 is 11.1 Å². The summed E-state index contributed by atoms with van der Waals surface area (Å²) in [5, 5.41) is 12.8. The molecule has 0 atom stereocenters. The number of fused-ring (bicyclic) bond motifs is 1. The average Bonchev–Trinajstić information content (AvgIpc) is 3.09. The van der Waals surface area contributed by atoms with Gasteiger partial charge in [-0.25, -0.2) is 0 Å². The van der Waals surface area contributed by atoms with E-state index >= 15 is 0 Å². The van der Waals surface area contributed by atoms with E-state index in [4.69, 9.17) is 17.3 Å². The van der Waals surface area contributed by atoms with Crippen molar-refractivity contribution in [1.82, 2.24) is 15.2 Å². The maximum Gasteiger partial charge on any atom is 0.270 e. The van der Waals surface area contributed by atoms with Gasteiger partial charge in [0.25, 0.3) is 5.91 Å². The molecule has 26 heavy (non-hydrogen) atoms. The first-order valence-corrected chi connectivity index (χ1v) is 8.84. The van der Waals surface area contributed by atoms with Crippen LogP contribution in [0.4, 0.5) is 11.5 Å². The smallest absolute Gasteiger partial charge is 0.270 e. The van der Waals surface area contributed by atoms with Crippen LogP contribution in [-0.4, -0.2) is 21.1 Å². The SMILES string of the molecule is NC(=O)c1nnc(Nc2ccncc2)c2cc(-c3ccc(Cl)cc3)sc12. The summed E-state index contributed by atoms with van der Waals surface area (Å²) in [6, 6.07) is 13.1. The second-order valence-corrected chi connectivity index (χ2v) is 6.97. The van der Waals surface area contributed by atoms with Crippen molar-refractivity contribution < 1.29 is 4.79 Å². The molecule has 0 spiro atoms. The number of anilines is 2. The minimum atomic E-state index is -0.609. The molecule has 4 rings (SSSR count). The van der Waals surface area contributed by atoms with Gasteiger partial charge in [0, 0.05) is 33.4 Å². The van der Waals surface area contributed by atoms with E-state index in [1.54, 1.807) is 12.4 Å². The number of nitrogens with one attached hydrogen (secondary N) is 1. The third kappa shape index (κ3) is 3.10. The first kappa shape index (κ1) is 16.4. The van der Waals surface area contributed by atoms with E-state index in [2.05, 4.69) is 20.5 Å². The molecule has 6 nitrogen and oxygen atoms in total. The number of amides is 1. The van der Waals surface area contributed by atoms with Crippen LogP contribution in [0.15, 0.2) is 54.9 Å². The lowest BCUT2D eigenvalue weighted by Crippen LogP contribution is -2.14. The molecule has 128 valence electrons. The second-order valence-electron chi connectivity index (χ2n) is 5.48. The quantitative estimate of drug-likeness (QED) is 0.551. The third-order valence-electron chi connectivity index (χ3n) is 3.76. The van der Waals surface area contributed by atoms with Crippen LogP contribution in [0.3, 0.4) is 0 Å². The number of benzene rings is 1. The molecule has 0 aliphatic heterocycles. The summed E-state index contributed by atoms with van der Waals surface area (Å²) in [5.41, 5.74) is 7.44. The van der Waals surface area contributed by atoms with Crippen LogP contribution in [0, 0.1) is 0 Å². The zero-order chi connectivity index (χ0) is 18.1. The Morgan fingerprint density at radius 2 is 1.81 bits per heavy atom. The molecule has 3 heterocycles. The van der Waals surface area contributed by atoms with Crippen molar-refractivity contribution in [1.29, 1.82) is 0 Å². The predicted octanol–water partition coefficient (Wildman–Crippen LogP) is 4.25. The number of rotatable bonds is 4. The Morgan fingerprint density at radius 1 is 1.08 bits per heavy atom. The van der Waals surface area contributed by atoms with Crippen molar-refractivity contribution in [3.8, 4) is 10.4 Å². The summed E-state index contributed by atoms with van der Waals surface area (Å²) in [4.78, 5) is 16.7. The van der Waals surface area contributed by atoms with Gasteiger partial charge < -0.3 is 11.1 Å². The van der Waals surface area contributed by atoms with Gasteiger partial charge in [-0.2, -0.15) is 0 Å². The van der Waals surface area contributed by atoms with Crippen LogP contribution in [0.2, 0.25) is 5.02 Å². The molecule has 0 bridgehead atoms. The van der Waals surface area contributed by atoms with Gasteiger partial charge >= 0.3 is 0 Å². The van der Waals surface area contributed by atoms with E-state index in [9.17, 15) is 4.79 Å². The Kier molecular flexibility index (Phi) is 4.24. The van der Waals surface area contributed by atoms with E-state index in [-0.39, 0.29) is 5.69 Å². The number of carbonyl (C=O) groups is 1. The Bertz CT molecular complexity index is 1100. The maximum absolute atomic E-state index is 11.8. The minimum Gasteiger partial charge on any atom is -0.364 e. The molecule has 3 N–H and O–H groups in total. The summed E-state index contributed by atoms with van der Waals surface area (Å²) in [7, 11) is 0. The largest absolute Gasteiger partial charge is 0.364 e. The van der Waals surface area contributed by atoms with Crippen LogP contribution in [0.25, 0.3) is 20.5 Å². The van der Waals surface area contributed by atoms with Crippen molar-refractivity contribution in [3.05, 3.63) is 65.6 Å². The lowest BCUT2D eigenvalue weighted by Gasteiger charge is -2.06. The van der Waals surface area contributed by atoms with Crippen LogP contribution in [0.1, 0.15) is 10.5 Å². The van der Waals surface area contributed by atoms with Gasteiger partial charge in [0.2, 0.25) is 0 Å². The lowest BCUT2D eigenvalue weighted by molar-refractivity contribution is 0.0996. The zero-order valence-corrected chi connectivity index (χ0v) is 14.9. The van der Waals surface area contributed by atoms with Crippen LogP contribution in [-0.2, 0) is 0 Å². The van der Waals surface area contributed by atoms with E-state index in [1.807, 2.05) is 42.5 Å². The number of pyridine rings is 1. The summed E-state index contributed by atoms with van der Waals surface area (Å²) in [6.45, 7) is 0. The topological polar surface area (TPSA) is 93.8 Å². The molecule has 1 amide bonds. The second kappa shape index (κ2) is 6.70. The first-order chi connectivity index (χ1) is 12.6. The van der Waals surface area contributed by atoms with Crippen molar-refractivity contribution in [2.24, 2.45) is 5.73 Å². The van der Waals surface area contributed by atoms with Crippen molar-refractivity contribution >= 4 is 50.4 Å². The zero-order valence-electron chi connectivity index (χ0n) is 13.3. The van der Waals surface area contributed by atoms with Crippen LogP contribution >= 0.6 is 22.9 Å². The molecule has 1 aromatic carbocycles. The van der Waals surface area contributed by atoms with Gasteiger partial charge in [-0.3, -0.25) is 9.78 Å². The number of primary amides is 1. The Balaban J connectivity index is 1.87. The molecular formula is C18H12ClN5OS. The number of thiophene rings is 1. The van der Waals surface area contributed by atoms with Gasteiger partial charge in [0.15, 0.2) is 11.5 Å².